The van der Waals surface area contributed by atoms with Gasteiger partial charge in [-0.2, -0.15) is 0 Å². The molecule has 0 aliphatic heterocycles. The van der Waals surface area contributed by atoms with Crippen molar-refractivity contribution < 1.29 is 9.18 Å². The number of halogens is 1. The Morgan fingerprint density at radius 1 is 1.20 bits per heavy atom. The van der Waals surface area contributed by atoms with E-state index in [0.717, 1.165) is 17.7 Å². The fourth-order valence-corrected chi connectivity index (χ4v) is 2.84. The number of aryl methyl sites for hydroxylation is 1. The summed E-state index contributed by atoms with van der Waals surface area (Å²) in [7, 11) is 3.74. The summed E-state index contributed by atoms with van der Waals surface area (Å²) in [5, 5.41) is 17.0. The van der Waals surface area contributed by atoms with E-state index in [1.807, 2.05) is 37.4 Å². The number of hydrogen-bond acceptors (Lipinski definition) is 5. The van der Waals surface area contributed by atoms with Crippen molar-refractivity contribution in [2.24, 2.45) is 7.05 Å². The van der Waals surface area contributed by atoms with Crippen LogP contribution in [0.1, 0.15) is 5.56 Å². The second-order valence-electron chi connectivity index (χ2n) is 6.84. The zero-order valence-electron chi connectivity index (χ0n) is 16.9. The third-order valence-electron chi connectivity index (χ3n) is 4.33. The standard InChI is InChI=1S/C21H24FN7O/c1-28(15-16-8-10-18(22)11-9-16)13-4-3-12-23-21(30)24-19-7-5-6-17(14-19)20-25-26-27-29(20)2/h3-11,14H,12-13,15H2,1-2H3,(H2,23,24,30)/b4-3+. The fourth-order valence-electron chi connectivity index (χ4n) is 2.84. The number of likely N-dealkylation sites (N-methyl/N-ethyl adjacent to an activating group) is 1. The molecule has 9 heteroatoms. The molecule has 0 radical (unpaired) electrons. The number of tetrazole rings is 1. The van der Waals surface area contributed by atoms with Crippen LogP contribution in [-0.2, 0) is 13.6 Å². The average Bonchev–Trinajstić information content (AvgIpc) is 3.15. The van der Waals surface area contributed by atoms with Gasteiger partial charge in [0.1, 0.15) is 5.82 Å². The molecule has 0 fully saturated rings. The Morgan fingerprint density at radius 3 is 2.73 bits per heavy atom. The maximum absolute atomic E-state index is 12.9. The van der Waals surface area contributed by atoms with Crippen LogP contribution in [-0.4, -0.2) is 51.3 Å². The van der Waals surface area contributed by atoms with Crippen molar-refractivity contribution >= 4 is 11.7 Å². The molecule has 30 heavy (non-hydrogen) atoms. The first-order valence-corrected chi connectivity index (χ1v) is 9.47. The van der Waals surface area contributed by atoms with E-state index in [9.17, 15) is 9.18 Å². The van der Waals surface area contributed by atoms with E-state index in [0.29, 0.717) is 24.6 Å². The number of carbonyl (C=O) groups is 1. The largest absolute Gasteiger partial charge is 0.334 e. The number of hydrogen-bond donors (Lipinski definition) is 2. The zero-order valence-corrected chi connectivity index (χ0v) is 16.9. The van der Waals surface area contributed by atoms with E-state index in [-0.39, 0.29) is 11.8 Å². The van der Waals surface area contributed by atoms with Crippen molar-refractivity contribution in [3.8, 4) is 11.4 Å². The molecule has 156 valence electrons. The number of anilines is 1. The number of amides is 2. The lowest BCUT2D eigenvalue weighted by Gasteiger charge is -2.14. The molecular formula is C21H24FN7O. The van der Waals surface area contributed by atoms with Crippen LogP contribution in [0.3, 0.4) is 0 Å². The number of benzene rings is 2. The predicted octanol–water partition coefficient (Wildman–Crippen LogP) is 2.83. The quantitative estimate of drug-likeness (QED) is 0.559. The highest BCUT2D eigenvalue weighted by atomic mass is 19.1. The van der Waals surface area contributed by atoms with Crippen molar-refractivity contribution in [3.05, 3.63) is 72.1 Å². The summed E-state index contributed by atoms with van der Waals surface area (Å²) in [4.78, 5) is 14.2. The molecular weight excluding hydrogens is 385 g/mol. The van der Waals surface area contributed by atoms with Crippen molar-refractivity contribution in [2.75, 3.05) is 25.5 Å². The number of rotatable bonds is 8. The third kappa shape index (κ3) is 6.21. The van der Waals surface area contributed by atoms with Crippen molar-refractivity contribution in [2.45, 2.75) is 6.54 Å². The zero-order chi connectivity index (χ0) is 21.3. The van der Waals surface area contributed by atoms with Gasteiger partial charge in [-0.1, -0.05) is 36.4 Å². The van der Waals surface area contributed by atoms with E-state index in [2.05, 4.69) is 31.1 Å². The van der Waals surface area contributed by atoms with E-state index < -0.39 is 0 Å². The van der Waals surface area contributed by atoms with Gasteiger partial charge in [-0.3, -0.25) is 4.90 Å². The molecule has 0 saturated heterocycles. The number of urea groups is 1. The smallest absolute Gasteiger partial charge is 0.319 e. The van der Waals surface area contributed by atoms with E-state index >= 15 is 0 Å². The van der Waals surface area contributed by atoms with Gasteiger partial charge in [0.05, 0.1) is 0 Å². The molecule has 0 saturated carbocycles. The Kier molecular flexibility index (Phi) is 7.23. The minimum absolute atomic E-state index is 0.233. The van der Waals surface area contributed by atoms with Crippen molar-refractivity contribution in [1.82, 2.24) is 30.4 Å². The summed E-state index contributed by atoms with van der Waals surface area (Å²) in [6, 6.07) is 13.5. The van der Waals surface area contributed by atoms with Crippen LogP contribution < -0.4 is 10.6 Å². The molecule has 2 amide bonds. The van der Waals surface area contributed by atoms with Gasteiger partial charge >= 0.3 is 6.03 Å². The molecule has 0 unspecified atom stereocenters. The van der Waals surface area contributed by atoms with E-state index in [1.165, 1.54) is 12.1 Å². The predicted molar refractivity (Wildman–Crippen MR) is 113 cm³/mol. The number of carbonyl (C=O) groups excluding carboxylic acids is 1. The Labute approximate surface area is 174 Å². The van der Waals surface area contributed by atoms with Gasteiger partial charge in [0, 0.05) is 37.9 Å². The summed E-state index contributed by atoms with van der Waals surface area (Å²) in [5.41, 5.74) is 2.50. The summed E-state index contributed by atoms with van der Waals surface area (Å²) in [6.07, 6.45) is 3.87. The van der Waals surface area contributed by atoms with Gasteiger partial charge in [0.25, 0.3) is 0 Å². The molecule has 2 N–H and O–H groups in total. The Bertz CT molecular complexity index is 1000. The maximum Gasteiger partial charge on any atom is 0.319 e. The van der Waals surface area contributed by atoms with Crippen LogP contribution in [0, 0.1) is 5.82 Å². The Balaban J connectivity index is 1.40. The molecule has 3 aromatic rings. The molecule has 0 bridgehead atoms. The monoisotopic (exact) mass is 409 g/mol. The summed E-state index contributed by atoms with van der Waals surface area (Å²) < 4.78 is 14.5. The SMILES string of the molecule is CN(C/C=C/CNC(=O)Nc1cccc(-c2nnnn2C)c1)Cc1ccc(F)cc1. The van der Waals surface area contributed by atoms with Gasteiger partial charge in [0.2, 0.25) is 0 Å². The molecule has 2 aromatic carbocycles. The minimum Gasteiger partial charge on any atom is -0.334 e. The van der Waals surface area contributed by atoms with Crippen LogP contribution in [0.15, 0.2) is 60.7 Å². The Hall–Kier alpha value is -3.59. The highest BCUT2D eigenvalue weighted by Gasteiger charge is 2.07. The van der Waals surface area contributed by atoms with Crippen LogP contribution in [0.5, 0.6) is 0 Å². The van der Waals surface area contributed by atoms with Gasteiger partial charge in [-0.05, 0) is 47.3 Å². The van der Waals surface area contributed by atoms with Crippen LogP contribution in [0.4, 0.5) is 14.9 Å². The molecule has 3 rings (SSSR count). The van der Waals surface area contributed by atoms with Crippen molar-refractivity contribution in [1.29, 1.82) is 0 Å². The lowest BCUT2D eigenvalue weighted by atomic mass is 10.2. The lowest BCUT2D eigenvalue weighted by molar-refractivity contribution is 0.253. The molecule has 0 spiro atoms. The van der Waals surface area contributed by atoms with Crippen LogP contribution in [0.2, 0.25) is 0 Å². The van der Waals surface area contributed by atoms with E-state index in [4.69, 9.17) is 0 Å². The highest BCUT2D eigenvalue weighted by molar-refractivity contribution is 5.90. The van der Waals surface area contributed by atoms with Gasteiger partial charge in [-0.25, -0.2) is 13.9 Å². The molecule has 0 aliphatic carbocycles. The highest BCUT2D eigenvalue weighted by Crippen LogP contribution is 2.19. The van der Waals surface area contributed by atoms with Gasteiger partial charge < -0.3 is 10.6 Å². The van der Waals surface area contributed by atoms with Crippen LogP contribution >= 0.6 is 0 Å². The molecule has 0 atom stereocenters. The van der Waals surface area contributed by atoms with Crippen LogP contribution in [0.25, 0.3) is 11.4 Å². The minimum atomic E-state index is -0.299. The number of aromatic nitrogens is 4. The average molecular weight is 409 g/mol. The van der Waals surface area contributed by atoms with E-state index in [1.54, 1.807) is 29.9 Å². The topological polar surface area (TPSA) is 88.0 Å². The second-order valence-corrected chi connectivity index (χ2v) is 6.84. The maximum atomic E-state index is 12.9. The summed E-state index contributed by atoms with van der Waals surface area (Å²) in [6.45, 7) is 1.84. The van der Waals surface area contributed by atoms with Gasteiger partial charge in [-0.15, -0.1) is 5.10 Å². The number of nitrogens with zero attached hydrogens (tertiary/aromatic N) is 5. The molecule has 8 nitrogen and oxygen atoms in total. The summed E-state index contributed by atoms with van der Waals surface area (Å²) >= 11 is 0. The summed E-state index contributed by atoms with van der Waals surface area (Å²) in [5.74, 6) is 0.384. The first kappa shape index (κ1) is 21.1. The Morgan fingerprint density at radius 2 is 2.00 bits per heavy atom. The molecule has 1 heterocycles. The van der Waals surface area contributed by atoms with Gasteiger partial charge in [0.15, 0.2) is 5.82 Å². The normalized spacial score (nSPS) is 11.2. The number of nitrogens with one attached hydrogen (secondary N) is 2. The third-order valence-corrected chi connectivity index (χ3v) is 4.33. The first-order chi connectivity index (χ1) is 14.5. The second kappa shape index (κ2) is 10.3. The molecule has 1 aromatic heterocycles. The van der Waals surface area contributed by atoms with Crippen molar-refractivity contribution in [3.63, 3.8) is 0 Å². The molecule has 0 aliphatic rings. The first-order valence-electron chi connectivity index (χ1n) is 9.47. The lowest BCUT2D eigenvalue weighted by Crippen LogP contribution is -2.28. The fraction of sp³-hybridized carbons (Fsp3) is 0.238.